The quantitative estimate of drug-likeness (QED) is 0.702. The number of hydrogen-bond acceptors (Lipinski definition) is 4. The molecule has 0 unspecified atom stereocenters. The fourth-order valence-electron chi connectivity index (χ4n) is 4.27. The Morgan fingerprint density at radius 2 is 2.00 bits per heavy atom. The third-order valence-electron chi connectivity index (χ3n) is 5.78. The number of anilines is 2. The summed E-state index contributed by atoms with van der Waals surface area (Å²) < 4.78 is 0. The van der Waals surface area contributed by atoms with Crippen LogP contribution in [0.2, 0.25) is 5.02 Å². The SMILES string of the molecule is C[C@H]1C[C@@H](C(=O)NCC#N)N(c2cc(-c3ccc(N4CCNC4=O)cc3)ccc2Cl)C1. The van der Waals surface area contributed by atoms with E-state index in [2.05, 4.69) is 17.6 Å². The summed E-state index contributed by atoms with van der Waals surface area (Å²) in [4.78, 5) is 28.2. The molecule has 0 saturated carbocycles. The van der Waals surface area contributed by atoms with Crippen LogP contribution in [0.5, 0.6) is 0 Å². The van der Waals surface area contributed by atoms with Crippen molar-refractivity contribution in [1.82, 2.24) is 10.6 Å². The number of nitrogens with one attached hydrogen (secondary N) is 2. The molecule has 8 heteroatoms. The molecule has 2 aromatic carbocycles. The summed E-state index contributed by atoms with van der Waals surface area (Å²) in [6.07, 6.45) is 0.713. The number of amides is 3. The van der Waals surface area contributed by atoms with Crippen LogP contribution >= 0.6 is 11.6 Å². The van der Waals surface area contributed by atoms with E-state index in [1.54, 1.807) is 4.90 Å². The lowest BCUT2D eigenvalue weighted by Gasteiger charge is -2.27. The lowest BCUT2D eigenvalue weighted by molar-refractivity contribution is -0.122. The summed E-state index contributed by atoms with van der Waals surface area (Å²) in [6.45, 7) is 4.13. The lowest BCUT2D eigenvalue weighted by atomic mass is 10.0. The minimum absolute atomic E-state index is 0.00723. The number of carbonyl (C=O) groups excluding carboxylic acids is 2. The number of nitrogens with zero attached hydrogens (tertiary/aromatic N) is 3. The molecule has 0 aliphatic carbocycles. The third kappa shape index (κ3) is 4.30. The van der Waals surface area contributed by atoms with Crippen molar-refractivity contribution >= 4 is 34.9 Å². The summed E-state index contributed by atoms with van der Waals surface area (Å²) in [5, 5.41) is 14.8. The van der Waals surface area contributed by atoms with Crippen LogP contribution in [0, 0.1) is 17.2 Å². The molecule has 0 radical (unpaired) electrons. The van der Waals surface area contributed by atoms with Crippen molar-refractivity contribution in [1.29, 1.82) is 5.26 Å². The zero-order chi connectivity index (χ0) is 22.0. The minimum Gasteiger partial charge on any atom is -0.358 e. The molecule has 0 spiro atoms. The first-order valence-corrected chi connectivity index (χ1v) is 10.7. The van der Waals surface area contributed by atoms with Gasteiger partial charge in [0.1, 0.15) is 12.6 Å². The van der Waals surface area contributed by atoms with Crippen molar-refractivity contribution in [3.8, 4) is 17.2 Å². The van der Waals surface area contributed by atoms with Gasteiger partial charge in [0.05, 0.1) is 16.8 Å². The highest BCUT2D eigenvalue weighted by Crippen LogP contribution is 2.37. The van der Waals surface area contributed by atoms with Gasteiger partial charge in [-0.2, -0.15) is 5.26 Å². The second kappa shape index (κ2) is 8.86. The molecule has 0 aromatic heterocycles. The number of urea groups is 1. The molecule has 2 fully saturated rings. The number of halogens is 1. The van der Waals surface area contributed by atoms with Gasteiger partial charge in [0.15, 0.2) is 0 Å². The van der Waals surface area contributed by atoms with Crippen molar-refractivity contribution in [3.63, 3.8) is 0 Å². The van der Waals surface area contributed by atoms with Gasteiger partial charge < -0.3 is 15.5 Å². The van der Waals surface area contributed by atoms with Gasteiger partial charge in [0.25, 0.3) is 0 Å². The Morgan fingerprint density at radius 3 is 2.68 bits per heavy atom. The van der Waals surface area contributed by atoms with Crippen LogP contribution in [0.3, 0.4) is 0 Å². The zero-order valence-corrected chi connectivity index (χ0v) is 18.0. The van der Waals surface area contributed by atoms with Crippen LogP contribution in [0.4, 0.5) is 16.2 Å². The van der Waals surface area contributed by atoms with Crippen LogP contribution in [0.25, 0.3) is 11.1 Å². The molecule has 2 aliphatic heterocycles. The molecule has 2 N–H and O–H groups in total. The summed E-state index contributed by atoms with van der Waals surface area (Å²) in [5.41, 5.74) is 3.64. The van der Waals surface area contributed by atoms with Crippen LogP contribution in [-0.2, 0) is 4.79 Å². The predicted octanol–water partition coefficient (Wildman–Crippen LogP) is 3.39. The van der Waals surface area contributed by atoms with E-state index in [4.69, 9.17) is 16.9 Å². The predicted molar refractivity (Wildman–Crippen MR) is 121 cm³/mol. The van der Waals surface area contributed by atoms with Crippen LogP contribution < -0.4 is 20.4 Å². The molecule has 3 amide bonds. The fourth-order valence-corrected chi connectivity index (χ4v) is 4.50. The first-order valence-electron chi connectivity index (χ1n) is 10.3. The van der Waals surface area contributed by atoms with Crippen molar-refractivity contribution in [2.45, 2.75) is 19.4 Å². The molecule has 2 aliphatic rings. The summed E-state index contributed by atoms with van der Waals surface area (Å²) >= 11 is 6.54. The Kier molecular flexibility index (Phi) is 6.01. The molecule has 31 heavy (non-hydrogen) atoms. The Bertz CT molecular complexity index is 1030. The first-order chi connectivity index (χ1) is 15.0. The standard InChI is InChI=1S/C23H24ClN5O2/c1-15-12-21(22(30)26-9-8-25)29(14-15)20-13-17(4-7-19(20)24)16-2-5-18(6-3-16)28-11-10-27-23(28)31/h2-7,13,15,21H,9-12,14H2,1H3,(H,26,30)(H,27,31)/t15-,21-/m0/s1. The Labute approximate surface area is 186 Å². The Hall–Kier alpha value is -3.24. The average Bonchev–Trinajstić information content (AvgIpc) is 3.38. The number of nitriles is 1. The molecule has 0 bridgehead atoms. The van der Waals surface area contributed by atoms with Gasteiger partial charge in [0, 0.05) is 25.3 Å². The van der Waals surface area contributed by atoms with E-state index >= 15 is 0 Å². The van der Waals surface area contributed by atoms with E-state index < -0.39 is 0 Å². The fraction of sp³-hybridized carbons (Fsp3) is 0.348. The van der Waals surface area contributed by atoms with Crippen molar-refractivity contribution in [2.75, 3.05) is 36.0 Å². The van der Waals surface area contributed by atoms with Crippen LogP contribution in [-0.4, -0.2) is 44.2 Å². The second-order valence-electron chi connectivity index (χ2n) is 7.98. The smallest absolute Gasteiger partial charge is 0.321 e. The molecule has 160 valence electrons. The van der Waals surface area contributed by atoms with Gasteiger partial charge >= 0.3 is 6.03 Å². The highest BCUT2D eigenvalue weighted by atomic mass is 35.5. The number of carbonyl (C=O) groups is 2. The molecule has 2 aromatic rings. The van der Waals surface area contributed by atoms with Gasteiger partial charge in [0.2, 0.25) is 5.91 Å². The maximum atomic E-state index is 12.6. The Morgan fingerprint density at radius 1 is 1.26 bits per heavy atom. The summed E-state index contributed by atoms with van der Waals surface area (Å²) in [5.74, 6) is 0.184. The van der Waals surface area contributed by atoms with Crippen molar-refractivity contribution in [3.05, 3.63) is 47.5 Å². The molecular weight excluding hydrogens is 414 g/mol. The van der Waals surface area contributed by atoms with Crippen LogP contribution in [0.1, 0.15) is 13.3 Å². The van der Waals surface area contributed by atoms with E-state index in [-0.39, 0.29) is 24.5 Å². The molecule has 2 heterocycles. The van der Waals surface area contributed by atoms with E-state index in [1.165, 1.54) is 0 Å². The number of rotatable bonds is 5. The van der Waals surface area contributed by atoms with Gasteiger partial charge in [-0.15, -0.1) is 0 Å². The zero-order valence-electron chi connectivity index (χ0n) is 17.3. The largest absolute Gasteiger partial charge is 0.358 e. The Balaban J connectivity index is 1.60. The minimum atomic E-state index is -0.354. The van der Waals surface area contributed by atoms with Gasteiger partial charge in [-0.25, -0.2) is 4.79 Å². The topological polar surface area (TPSA) is 88.5 Å². The molecule has 7 nitrogen and oxygen atoms in total. The molecule has 4 rings (SSSR count). The third-order valence-corrected chi connectivity index (χ3v) is 6.10. The van der Waals surface area contributed by atoms with E-state index in [0.29, 0.717) is 30.5 Å². The summed E-state index contributed by atoms with van der Waals surface area (Å²) in [6, 6.07) is 15.2. The van der Waals surface area contributed by atoms with Crippen molar-refractivity contribution in [2.24, 2.45) is 5.92 Å². The molecule has 2 saturated heterocycles. The maximum absolute atomic E-state index is 12.6. The number of benzene rings is 2. The highest BCUT2D eigenvalue weighted by Gasteiger charge is 2.35. The van der Waals surface area contributed by atoms with E-state index in [1.807, 2.05) is 53.4 Å². The average molecular weight is 438 g/mol. The van der Waals surface area contributed by atoms with Crippen LogP contribution in [0.15, 0.2) is 42.5 Å². The van der Waals surface area contributed by atoms with E-state index in [9.17, 15) is 9.59 Å². The monoisotopic (exact) mass is 437 g/mol. The van der Waals surface area contributed by atoms with E-state index in [0.717, 1.165) is 29.0 Å². The number of hydrogen-bond donors (Lipinski definition) is 2. The van der Waals surface area contributed by atoms with Gasteiger partial charge in [-0.3, -0.25) is 9.69 Å². The first kappa shape index (κ1) is 21.0. The van der Waals surface area contributed by atoms with Crippen molar-refractivity contribution < 1.29 is 9.59 Å². The molecule has 2 atom stereocenters. The lowest BCUT2D eigenvalue weighted by Crippen LogP contribution is -2.43. The highest BCUT2D eigenvalue weighted by molar-refractivity contribution is 6.33. The molecular formula is C23H24ClN5O2. The summed E-state index contributed by atoms with van der Waals surface area (Å²) in [7, 11) is 0. The van der Waals surface area contributed by atoms with Gasteiger partial charge in [-0.1, -0.05) is 36.7 Å². The normalized spacial score (nSPS) is 20.5. The van der Waals surface area contributed by atoms with Gasteiger partial charge in [-0.05, 0) is 47.7 Å². The second-order valence-corrected chi connectivity index (χ2v) is 8.39. The maximum Gasteiger partial charge on any atom is 0.321 e.